The van der Waals surface area contributed by atoms with E-state index in [4.69, 9.17) is 4.74 Å². The monoisotopic (exact) mass is 296 g/mol. The van der Waals surface area contributed by atoms with Crippen LogP contribution in [0.25, 0.3) is 0 Å². The first-order valence-corrected chi connectivity index (χ1v) is 7.65. The van der Waals surface area contributed by atoms with Gasteiger partial charge < -0.3 is 10.1 Å². The molecule has 114 valence electrons. The van der Waals surface area contributed by atoms with Gasteiger partial charge in [0.1, 0.15) is 11.5 Å². The number of likely N-dealkylation sites (tertiary alicyclic amines) is 1. The molecular weight excluding hydrogens is 276 g/mol. The lowest BCUT2D eigenvalue weighted by atomic mass is 10.3. The molecule has 2 aromatic carbocycles. The fraction of sp³-hybridized carbons (Fsp3) is 0.278. The van der Waals surface area contributed by atoms with Gasteiger partial charge in [0.15, 0.2) is 0 Å². The van der Waals surface area contributed by atoms with E-state index in [1.807, 2.05) is 54.6 Å². The molecule has 0 spiro atoms. The maximum atomic E-state index is 12.0. The van der Waals surface area contributed by atoms with Crippen molar-refractivity contribution in [3.63, 3.8) is 0 Å². The van der Waals surface area contributed by atoms with Crippen molar-refractivity contribution in [1.82, 2.24) is 4.90 Å². The molecule has 1 fully saturated rings. The van der Waals surface area contributed by atoms with Crippen molar-refractivity contribution >= 4 is 11.6 Å². The van der Waals surface area contributed by atoms with Gasteiger partial charge in [-0.1, -0.05) is 18.2 Å². The molecule has 4 nitrogen and oxygen atoms in total. The van der Waals surface area contributed by atoms with Crippen molar-refractivity contribution in [2.24, 2.45) is 0 Å². The van der Waals surface area contributed by atoms with Crippen LogP contribution in [0.5, 0.6) is 11.5 Å². The zero-order valence-electron chi connectivity index (χ0n) is 12.5. The number of rotatable bonds is 5. The number of carbonyl (C=O) groups is 1. The van der Waals surface area contributed by atoms with Crippen LogP contribution in [0.1, 0.15) is 12.8 Å². The van der Waals surface area contributed by atoms with Gasteiger partial charge in [-0.25, -0.2) is 0 Å². The van der Waals surface area contributed by atoms with Crippen molar-refractivity contribution in [3.8, 4) is 11.5 Å². The molecule has 0 bridgehead atoms. The zero-order chi connectivity index (χ0) is 15.2. The van der Waals surface area contributed by atoms with E-state index in [-0.39, 0.29) is 5.91 Å². The molecule has 1 amide bonds. The van der Waals surface area contributed by atoms with E-state index in [9.17, 15) is 4.79 Å². The molecule has 3 rings (SSSR count). The third-order valence-corrected chi connectivity index (χ3v) is 3.68. The molecule has 0 saturated carbocycles. The Kier molecular flexibility index (Phi) is 4.71. The Morgan fingerprint density at radius 3 is 2.27 bits per heavy atom. The lowest BCUT2D eigenvalue weighted by Gasteiger charge is -2.14. The third kappa shape index (κ3) is 4.09. The molecule has 1 N–H and O–H groups in total. The molecule has 0 aromatic heterocycles. The molecule has 1 aliphatic rings. The van der Waals surface area contributed by atoms with E-state index in [0.29, 0.717) is 6.54 Å². The zero-order valence-corrected chi connectivity index (χ0v) is 12.5. The molecule has 4 heteroatoms. The van der Waals surface area contributed by atoms with E-state index in [1.165, 1.54) is 12.8 Å². The van der Waals surface area contributed by atoms with E-state index < -0.39 is 0 Å². The number of carbonyl (C=O) groups excluding carboxylic acids is 1. The minimum Gasteiger partial charge on any atom is -0.457 e. The van der Waals surface area contributed by atoms with Crippen LogP contribution in [0.3, 0.4) is 0 Å². The van der Waals surface area contributed by atoms with Crippen LogP contribution in [0.2, 0.25) is 0 Å². The first-order chi connectivity index (χ1) is 10.8. The maximum Gasteiger partial charge on any atom is 0.238 e. The minimum absolute atomic E-state index is 0.0404. The van der Waals surface area contributed by atoms with Gasteiger partial charge >= 0.3 is 0 Å². The summed E-state index contributed by atoms with van der Waals surface area (Å²) in [5.41, 5.74) is 0.796. The largest absolute Gasteiger partial charge is 0.457 e. The fourth-order valence-electron chi connectivity index (χ4n) is 2.58. The average Bonchev–Trinajstić information content (AvgIpc) is 3.03. The number of ether oxygens (including phenoxy) is 1. The SMILES string of the molecule is O=C(CN1CCCC1)Nc1ccc(Oc2ccccc2)cc1. The van der Waals surface area contributed by atoms with Gasteiger partial charge in [0.25, 0.3) is 0 Å². The van der Waals surface area contributed by atoms with Gasteiger partial charge in [0.05, 0.1) is 6.54 Å². The summed E-state index contributed by atoms with van der Waals surface area (Å²) in [6.45, 7) is 2.52. The van der Waals surface area contributed by atoms with Crippen LogP contribution in [0.4, 0.5) is 5.69 Å². The summed E-state index contributed by atoms with van der Waals surface area (Å²) in [6, 6.07) is 17.1. The smallest absolute Gasteiger partial charge is 0.238 e. The standard InChI is InChI=1S/C18H20N2O2/c21-18(14-20-12-4-5-13-20)19-15-8-10-17(11-9-15)22-16-6-2-1-3-7-16/h1-3,6-11H,4-5,12-14H2,(H,19,21). The van der Waals surface area contributed by atoms with Crippen LogP contribution < -0.4 is 10.1 Å². The number of amides is 1. The van der Waals surface area contributed by atoms with E-state index in [2.05, 4.69) is 10.2 Å². The van der Waals surface area contributed by atoms with Crippen molar-refractivity contribution in [3.05, 3.63) is 54.6 Å². The van der Waals surface area contributed by atoms with E-state index in [1.54, 1.807) is 0 Å². The van der Waals surface area contributed by atoms with Crippen molar-refractivity contribution in [1.29, 1.82) is 0 Å². The van der Waals surface area contributed by atoms with Crippen LogP contribution >= 0.6 is 0 Å². The Morgan fingerprint density at radius 2 is 1.59 bits per heavy atom. The van der Waals surface area contributed by atoms with Gasteiger partial charge in [0, 0.05) is 5.69 Å². The van der Waals surface area contributed by atoms with Gasteiger partial charge in [-0.2, -0.15) is 0 Å². The van der Waals surface area contributed by atoms with Crippen LogP contribution in [-0.4, -0.2) is 30.4 Å². The number of nitrogens with zero attached hydrogens (tertiary/aromatic N) is 1. The highest BCUT2D eigenvalue weighted by molar-refractivity contribution is 5.92. The predicted octanol–water partition coefficient (Wildman–Crippen LogP) is 3.51. The van der Waals surface area contributed by atoms with Gasteiger partial charge in [-0.3, -0.25) is 9.69 Å². The quantitative estimate of drug-likeness (QED) is 0.918. The molecule has 2 aromatic rings. The lowest BCUT2D eigenvalue weighted by Crippen LogP contribution is -2.30. The van der Waals surface area contributed by atoms with Gasteiger partial charge in [-0.05, 0) is 62.3 Å². The Hall–Kier alpha value is -2.33. The second kappa shape index (κ2) is 7.09. The summed E-state index contributed by atoms with van der Waals surface area (Å²) < 4.78 is 5.72. The lowest BCUT2D eigenvalue weighted by molar-refractivity contribution is -0.117. The summed E-state index contributed by atoms with van der Waals surface area (Å²) in [7, 11) is 0. The van der Waals surface area contributed by atoms with E-state index >= 15 is 0 Å². The van der Waals surface area contributed by atoms with Crippen LogP contribution in [-0.2, 0) is 4.79 Å². The van der Waals surface area contributed by atoms with Crippen molar-refractivity contribution < 1.29 is 9.53 Å². The van der Waals surface area contributed by atoms with Crippen molar-refractivity contribution in [2.75, 3.05) is 25.0 Å². The normalized spacial score (nSPS) is 14.7. The molecule has 1 aliphatic heterocycles. The number of hydrogen-bond acceptors (Lipinski definition) is 3. The van der Waals surface area contributed by atoms with Gasteiger partial charge in [-0.15, -0.1) is 0 Å². The second-order valence-corrected chi connectivity index (χ2v) is 5.47. The molecule has 0 atom stereocenters. The highest BCUT2D eigenvalue weighted by atomic mass is 16.5. The number of nitrogens with one attached hydrogen (secondary N) is 1. The number of para-hydroxylation sites is 1. The third-order valence-electron chi connectivity index (χ3n) is 3.68. The van der Waals surface area contributed by atoms with E-state index in [0.717, 1.165) is 30.3 Å². The molecule has 1 saturated heterocycles. The summed E-state index contributed by atoms with van der Waals surface area (Å²) in [4.78, 5) is 14.1. The van der Waals surface area contributed by atoms with Gasteiger partial charge in [0.2, 0.25) is 5.91 Å². The molecule has 0 aliphatic carbocycles. The Morgan fingerprint density at radius 1 is 0.955 bits per heavy atom. The summed E-state index contributed by atoms with van der Waals surface area (Å²) in [5.74, 6) is 1.59. The Balaban J connectivity index is 1.53. The average molecular weight is 296 g/mol. The number of benzene rings is 2. The topological polar surface area (TPSA) is 41.6 Å². The summed E-state index contributed by atoms with van der Waals surface area (Å²) in [6.07, 6.45) is 2.39. The predicted molar refractivity (Wildman–Crippen MR) is 87.3 cm³/mol. The first kappa shape index (κ1) is 14.6. The number of anilines is 1. The highest BCUT2D eigenvalue weighted by Gasteiger charge is 2.14. The van der Waals surface area contributed by atoms with Crippen molar-refractivity contribution in [2.45, 2.75) is 12.8 Å². The molecular formula is C18H20N2O2. The highest BCUT2D eigenvalue weighted by Crippen LogP contribution is 2.22. The fourth-order valence-corrected chi connectivity index (χ4v) is 2.58. The Bertz CT molecular complexity index is 605. The number of hydrogen-bond donors (Lipinski definition) is 1. The first-order valence-electron chi connectivity index (χ1n) is 7.65. The Labute approximate surface area is 130 Å². The maximum absolute atomic E-state index is 12.0. The summed E-state index contributed by atoms with van der Waals surface area (Å²) >= 11 is 0. The molecule has 1 heterocycles. The summed E-state index contributed by atoms with van der Waals surface area (Å²) in [5, 5.41) is 2.92. The second-order valence-electron chi connectivity index (χ2n) is 5.47. The van der Waals surface area contributed by atoms with Crippen LogP contribution in [0, 0.1) is 0 Å². The molecule has 0 unspecified atom stereocenters. The molecule has 22 heavy (non-hydrogen) atoms. The molecule has 0 radical (unpaired) electrons. The minimum atomic E-state index is 0.0404. The van der Waals surface area contributed by atoms with Crippen LogP contribution in [0.15, 0.2) is 54.6 Å².